The molecule has 2 N–H and O–H groups in total. The molecule has 0 fully saturated rings. The molecule has 0 aliphatic rings. The highest BCUT2D eigenvalue weighted by Gasteiger charge is 2.06. The standard InChI is InChI=1S/C11H11NO3S/c13-11(14)10-4-3-9(16-10)7-12-6-8-2-1-5-15-8/h1-5,12H,6-7H2,(H,13,14). The average Bonchev–Trinajstić information content (AvgIpc) is 2.87. The molecule has 2 heterocycles. The van der Waals surface area contributed by atoms with Crippen molar-refractivity contribution in [3.05, 3.63) is 46.0 Å². The van der Waals surface area contributed by atoms with Gasteiger partial charge in [-0.1, -0.05) is 0 Å². The van der Waals surface area contributed by atoms with Crippen molar-refractivity contribution in [1.29, 1.82) is 0 Å². The summed E-state index contributed by atoms with van der Waals surface area (Å²) in [4.78, 5) is 12.0. The van der Waals surface area contributed by atoms with Gasteiger partial charge in [-0.15, -0.1) is 11.3 Å². The van der Waals surface area contributed by atoms with E-state index in [1.165, 1.54) is 11.3 Å². The summed E-state index contributed by atoms with van der Waals surface area (Å²) in [5.74, 6) is -0.00250. The highest BCUT2D eigenvalue weighted by molar-refractivity contribution is 7.13. The zero-order valence-corrected chi connectivity index (χ0v) is 9.29. The Morgan fingerprint density at radius 1 is 1.38 bits per heavy atom. The first-order valence-corrected chi connectivity index (χ1v) is 5.62. The van der Waals surface area contributed by atoms with Gasteiger partial charge in [-0.25, -0.2) is 4.79 Å². The van der Waals surface area contributed by atoms with Crippen LogP contribution in [0.3, 0.4) is 0 Å². The predicted molar refractivity (Wildman–Crippen MR) is 60.5 cm³/mol. The Bertz CT molecular complexity index is 461. The fraction of sp³-hybridized carbons (Fsp3) is 0.182. The lowest BCUT2D eigenvalue weighted by atomic mass is 10.4. The number of carboxylic acids is 1. The van der Waals surface area contributed by atoms with Crippen molar-refractivity contribution in [2.75, 3.05) is 0 Å². The second-order valence-electron chi connectivity index (χ2n) is 3.25. The summed E-state index contributed by atoms with van der Waals surface area (Å²) in [6.45, 7) is 1.30. The number of aromatic carboxylic acids is 1. The molecular weight excluding hydrogens is 226 g/mol. The first kappa shape index (κ1) is 10.9. The van der Waals surface area contributed by atoms with Crippen molar-refractivity contribution < 1.29 is 14.3 Å². The van der Waals surface area contributed by atoms with Gasteiger partial charge in [0, 0.05) is 11.4 Å². The van der Waals surface area contributed by atoms with E-state index in [9.17, 15) is 4.79 Å². The number of thiophene rings is 1. The molecule has 2 rings (SSSR count). The van der Waals surface area contributed by atoms with Gasteiger partial charge < -0.3 is 14.8 Å². The maximum Gasteiger partial charge on any atom is 0.345 e. The molecule has 5 heteroatoms. The Kier molecular flexibility index (Phi) is 3.38. The Labute approximate surface area is 96.5 Å². The summed E-state index contributed by atoms with van der Waals surface area (Å²) in [6.07, 6.45) is 1.63. The number of nitrogens with one attached hydrogen (secondary N) is 1. The van der Waals surface area contributed by atoms with E-state index in [1.54, 1.807) is 12.3 Å². The number of hydrogen-bond donors (Lipinski definition) is 2. The van der Waals surface area contributed by atoms with Crippen molar-refractivity contribution >= 4 is 17.3 Å². The molecule has 16 heavy (non-hydrogen) atoms. The molecule has 2 aromatic heterocycles. The van der Waals surface area contributed by atoms with Crippen molar-refractivity contribution in [2.24, 2.45) is 0 Å². The maximum atomic E-state index is 10.6. The van der Waals surface area contributed by atoms with Crippen LogP contribution >= 0.6 is 11.3 Å². The van der Waals surface area contributed by atoms with Crippen LogP contribution in [0.4, 0.5) is 0 Å². The van der Waals surface area contributed by atoms with Crippen molar-refractivity contribution in [1.82, 2.24) is 5.32 Å². The summed E-state index contributed by atoms with van der Waals surface area (Å²) in [5.41, 5.74) is 0. The molecule has 0 radical (unpaired) electrons. The second-order valence-corrected chi connectivity index (χ2v) is 4.42. The monoisotopic (exact) mass is 237 g/mol. The van der Waals surface area contributed by atoms with Gasteiger partial charge in [0.25, 0.3) is 0 Å². The summed E-state index contributed by atoms with van der Waals surface area (Å²) in [6, 6.07) is 7.18. The molecule has 0 amide bonds. The van der Waals surface area contributed by atoms with E-state index in [-0.39, 0.29) is 0 Å². The fourth-order valence-corrected chi connectivity index (χ4v) is 2.13. The summed E-state index contributed by atoms with van der Waals surface area (Å²) in [5, 5.41) is 11.9. The van der Waals surface area contributed by atoms with Crippen LogP contribution < -0.4 is 5.32 Å². The SMILES string of the molecule is O=C(O)c1ccc(CNCc2ccco2)s1. The summed E-state index contributed by atoms with van der Waals surface area (Å²) in [7, 11) is 0. The minimum Gasteiger partial charge on any atom is -0.477 e. The van der Waals surface area contributed by atoms with Crippen LogP contribution in [-0.2, 0) is 13.1 Å². The lowest BCUT2D eigenvalue weighted by molar-refractivity contribution is 0.0702. The van der Waals surface area contributed by atoms with E-state index >= 15 is 0 Å². The number of carbonyl (C=O) groups is 1. The Hall–Kier alpha value is -1.59. The number of furan rings is 1. The average molecular weight is 237 g/mol. The first-order chi connectivity index (χ1) is 7.75. The maximum absolute atomic E-state index is 10.6. The van der Waals surface area contributed by atoms with E-state index in [2.05, 4.69) is 5.32 Å². The quantitative estimate of drug-likeness (QED) is 0.837. The highest BCUT2D eigenvalue weighted by atomic mass is 32.1. The van der Waals surface area contributed by atoms with E-state index in [0.29, 0.717) is 18.0 Å². The summed E-state index contributed by atoms with van der Waals surface area (Å²) < 4.78 is 5.16. The lowest BCUT2D eigenvalue weighted by Crippen LogP contribution is -2.10. The van der Waals surface area contributed by atoms with Gasteiger partial charge in [-0.3, -0.25) is 0 Å². The summed E-state index contributed by atoms with van der Waals surface area (Å²) >= 11 is 1.29. The van der Waals surface area contributed by atoms with E-state index < -0.39 is 5.97 Å². The number of rotatable bonds is 5. The molecule has 0 unspecified atom stereocenters. The first-order valence-electron chi connectivity index (χ1n) is 4.81. The molecule has 0 saturated heterocycles. The molecule has 0 spiro atoms. The minimum atomic E-state index is -0.873. The number of carboxylic acid groups (broad SMARTS) is 1. The van der Waals surface area contributed by atoms with Gasteiger partial charge in [0.2, 0.25) is 0 Å². The van der Waals surface area contributed by atoms with Crippen LogP contribution in [0, 0.1) is 0 Å². The molecule has 0 atom stereocenters. The molecule has 4 nitrogen and oxygen atoms in total. The molecule has 0 aromatic carbocycles. The third-order valence-corrected chi connectivity index (χ3v) is 3.12. The molecule has 0 aliphatic carbocycles. The van der Waals surface area contributed by atoms with Gasteiger partial charge in [0.05, 0.1) is 12.8 Å². The van der Waals surface area contributed by atoms with Crippen LogP contribution in [0.15, 0.2) is 34.9 Å². The largest absolute Gasteiger partial charge is 0.477 e. The number of hydrogen-bond acceptors (Lipinski definition) is 4. The van der Waals surface area contributed by atoms with Crippen LogP contribution in [0.2, 0.25) is 0 Å². The third-order valence-electron chi connectivity index (χ3n) is 2.05. The molecule has 0 bridgehead atoms. The predicted octanol–water partition coefficient (Wildman–Crippen LogP) is 2.33. The molecule has 84 valence electrons. The fourth-order valence-electron chi connectivity index (χ4n) is 1.31. The molecule has 2 aromatic rings. The Morgan fingerprint density at radius 3 is 2.88 bits per heavy atom. The molecule has 0 aliphatic heterocycles. The second kappa shape index (κ2) is 4.96. The van der Waals surface area contributed by atoms with Gasteiger partial charge in [-0.2, -0.15) is 0 Å². The van der Waals surface area contributed by atoms with Crippen molar-refractivity contribution in [2.45, 2.75) is 13.1 Å². The minimum absolute atomic E-state index is 0.370. The smallest absolute Gasteiger partial charge is 0.345 e. The van der Waals surface area contributed by atoms with Crippen LogP contribution in [0.5, 0.6) is 0 Å². The highest BCUT2D eigenvalue weighted by Crippen LogP contribution is 2.16. The van der Waals surface area contributed by atoms with E-state index in [0.717, 1.165) is 10.6 Å². The van der Waals surface area contributed by atoms with Crippen LogP contribution in [0.1, 0.15) is 20.3 Å². The van der Waals surface area contributed by atoms with Crippen molar-refractivity contribution in [3.8, 4) is 0 Å². The van der Waals surface area contributed by atoms with Crippen LogP contribution in [0.25, 0.3) is 0 Å². The van der Waals surface area contributed by atoms with E-state index in [4.69, 9.17) is 9.52 Å². The topological polar surface area (TPSA) is 62.5 Å². The lowest BCUT2D eigenvalue weighted by Gasteiger charge is -1.99. The van der Waals surface area contributed by atoms with E-state index in [1.807, 2.05) is 18.2 Å². The zero-order valence-electron chi connectivity index (χ0n) is 8.47. The van der Waals surface area contributed by atoms with Gasteiger partial charge in [0.1, 0.15) is 10.6 Å². The molecule has 0 saturated carbocycles. The third kappa shape index (κ3) is 2.71. The Balaban J connectivity index is 1.83. The van der Waals surface area contributed by atoms with Crippen LogP contribution in [-0.4, -0.2) is 11.1 Å². The van der Waals surface area contributed by atoms with Crippen molar-refractivity contribution in [3.63, 3.8) is 0 Å². The van der Waals surface area contributed by atoms with Gasteiger partial charge >= 0.3 is 5.97 Å². The zero-order chi connectivity index (χ0) is 11.4. The van der Waals surface area contributed by atoms with Gasteiger partial charge in [0.15, 0.2) is 0 Å². The normalized spacial score (nSPS) is 10.5. The van der Waals surface area contributed by atoms with Gasteiger partial charge in [-0.05, 0) is 24.3 Å². The Morgan fingerprint density at radius 2 is 2.25 bits per heavy atom. The molecular formula is C11H11NO3S.